The second kappa shape index (κ2) is 32.1. The minimum absolute atomic E-state index is 0. The highest BCUT2D eigenvalue weighted by Gasteiger charge is 2.14. The zero-order valence-corrected chi connectivity index (χ0v) is 37.5. The number of nitrogens with zero attached hydrogens (tertiary/aromatic N) is 2. The number of aromatic nitrogens is 1. The highest BCUT2D eigenvalue weighted by molar-refractivity contribution is 7.41. The Morgan fingerprint density at radius 2 is 1.22 bits per heavy atom. The van der Waals surface area contributed by atoms with Crippen LogP contribution < -0.4 is 16.6 Å². The summed E-state index contributed by atoms with van der Waals surface area (Å²) < 4.78 is 17.8. The molecule has 0 spiro atoms. The van der Waals surface area contributed by atoms with E-state index in [1.807, 2.05) is 133 Å². The van der Waals surface area contributed by atoms with E-state index in [1.165, 1.54) is 29.2 Å². The summed E-state index contributed by atoms with van der Waals surface area (Å²) in [4.78, 5) is 44.1. The number of amides is 1. The Balaban J connectivity index is 0.000000779. The minimum atomic E-state index is -1.06. The van der Waals surface area contributed by atoms with Gasteiger partial charge in [0.1, 0.15) is 0 Å². The van der Waals surface area contributed by atoms with Crippen LogP contribution in [0.15, 0.2) is 132 Å². The van der Waals surface area contributed by atoms with Crippen LogP contribution in [0.4, 0.5) is 5.69 Å². The van der Waals surface area contributed by atoms with Gasteiger partial charge in [0.15, 0.2) is 0 Å². The zero-order chi connectivity index (χ0) is 45.2. The van der Waals surface area contributed by atoms with Gasteiger partial charge in [0.25, 0.3) is 17.2 Å². The number of rotatable bonds is 13. The first-order chi connectivity index (χ1) is 29.2. The lowest BCUT2D eigenvalue weighted by Crippen LogP contribution is -2.22. The molecule has 1 amide bonds. The number of nitro benzene ring substituents is 1. The van der Waals surface area contributed by atoms with Crippen LogP contribution in [0.3, 0.4) is 0 Å². The van der Waals surface area contributed by atoms with Crippen molar-refractivity contribution in [1.82, 2.24) is 9.27 Å². The van der Waals surface area contributed by atoms with Crippen LogP contribution in [-0.4, -0.2) is 45.7 Å². The highest BCUT2D eigenvalue weighted by atomic mass is 32.1. The molecule has 342 valence electrons. The fourth-order valence-corrected chi connectivity index (χ4v) is 6.64. The van der Waals surface area contributed by atoms with E-state index in [-0.39, 0.29) is 38.0 Å². The number of carboxylic acid groups (broad SMARTS) is 1. The maximum absolute atomic E-state index is 11.9. The molecule has 5 aromatic carbocycles. The number of carbonyl (C=O) groups excluding carboxylic acids is 1. The first kappa shape index (κ1) is 57.4. The van der Waals surface area contributed by atoms with Crippen LogP contribution in [0.2, 0.25) is 0 Å². The average Bonchev–Trinajstić information content (AvgIpc) is 3.60. The number of nitrogens with two attached hydrogens (primary N) is 1. The number of aromatic carboxylic acids is 1. The third-order valence-corrected chi connectivity index (χ3v) is 10.7. The van der Waals surface area contributed by atoms with Crippen molar-refractivity contribution >= 4 is 47.8 Å². The summed E-state index contributed by atoms with van der Waals surface area (Å²) in [6.45, 7) is 16.7. The summed E-state index contributed by atoms with van der Waals surface area (Å²) in [6, 6.07) is 38.7. The molecule has 0 bridgehead atoms. The standard InChI is InChI=1S/C15H15NO.C10H10N2O3S.C8H8O2.C7H9N.C6H15O3P.2CH4/c1-12-7-9-14(10-8-12)15(17)16-11-13-5-3-2-4-6-13;1-6(2)11-10(13)8-5-7(12(14)15)3-4-9(8)16-11;1-6-2-4-7(5-3-6)8(9)10;8-6-7-4-2-1-3-5-7;1-4-7-10(8-5-2)9-6-3;;/h2-10H,11H2,1H3,(H,16,17);3-6H,1-2H3;2-5H,1H3,(H,9,10);1-5H,6,8H2;4-6H2,1-3H3;2*1H4. The molecule has 0 unspecified atom stereocenters. The number of benzene rings is 5. The normalized spacial score (nSPS) is 9.87. The summed E-state index contributed by atoms with van der Waals surface area (Å²) in [7, 11) is -1.06. The van der Waals surface area contributed by atoms with Crippen molar-refractivity contribution < 1.29 is 33.2 Å². The van der Waals surface area contributed by atoms with E-state index in [2.05, 4.69) is 5.32 Å². The summed E-state index contributed by atoms with van der Waals surface area (Å²) in [5, 5.41) is 22.4. The predicted molar refractivity (Wildman–Crippen MR) is 260 cm³/mol. The maximum atomic E-state index is 11.9. The lowest BCUT2D eigenvalue weighted by Gasteiger charge is -2.12. The Morgan fingerprint density at radius 3 is 1.62 bits per heavy atom. The topological polar surface area (TPSA) is 185 Å². The quantitative estimate of drug-likeness (QED) is 0.0572. The van der Waals surface area contributed by atoms with Gasteiger partial charge < -0.3 is 29.7 Å². The van der Waals surface area contributed by atoms with Gasteiger partial charge in [-0.25, -0.2) is 4.79 Å². The molecule has 1 aromatic heterocycles. The lowest BCUT2D eigenvalue weighted by atomic mass is 10.1. The smallest absolute Gasteiger partial charge is 0.335 e. The molecule has 0 saturated heterocycles. The molecular weight excluding hydrogens is 840 g/mol. The molecular formula is C48H65N4O9PS. The molecule has 0 saturated carbocycles. The molecule has 0 aliphatic carbocycles. The number of carbonyl (C=O) groups is 2. The Morgan fingerprint density at radius 1 is 0.762 bits per heavy atom. The molecule has 63 heavy (non-hydrogen) atoms. The summed E-state index contributed by atoms with van der Waals surface area (Å²) in [5.74, 6) is -0.908. The van der Waals surface area contributed by atoms with Gasteiger partial charge in [-0.2, -0.15) is 0 Å². The Hall–Kier alpha value is -5.60. The number of carboxylic acids is 1. The van der Waals surface area contributed by atoms with E-state index < -0.39 is 19.5 Å². The largest absolute Gasteiger partial charge is 0.478 e. The second-order valence-electron chi connectivity index (χ2n) is 13.1. The average molecular weight is 905 g/mol. The number of fused-ring (bicyclic) bond motifs is 1. The van der Waals surface area contributed by atoms with Gasteiger partial charge in [0.05, 0.1) is 40.4 Å². The summed E-state index contributed by atoms with van der Waals surface area (Å²) >= 11 is 1.33. The lowest BCUT2D eigenvalue weighted by molar-refractivity contribution is -0.384. The highest BCUT2D eigenvalue weighted by Crippen LogP contribution is 2.38. The molecule has 6 rings (SSSR count). The molecule has 4 N–H and O–H groups in total. The Bertz CT molecular complexity index is 2220. The van der Waals surface area contributed by atoms with Crippen molar-refractivity contribution in [3.05, 3.63) is 181 Å². The SMILES string of the molecule is C.C.CC(C)n1sc2ccc([N+](=O)[O-])cc2c1=O.CCOP(OCC)OCC.Cc1ccc(C(=O)NCc2ccccc2)cc1.Cc1ccc(C(=O)O)cc1.NCc1ccccc1. The molecule has 0 atom stereocenters. The van der Waals surface area contributed by atoms with Gasteiger partial charge in [0, 0.05) is 36.8 Å². The van der Waals surface area contributed by atoms with E-state index in [9.17, 15) is 24.5 Å². The molecule has 0 aliphatic rings. The third-order valence-electron chi connectivity index (χ3n) is 7.96. The fraction of sp³-hybridized carbons (Fsp3) is 0.312. The molecule has 0 fully saturated rings. The van der Waals surface area contributed by atoms with E-state index in [1.54, 1.807) is 34.3 Å². The maximum Gasteiger partial charge on any atom is 0.335 e. The first-order valence-electron chi connectivity index (χ1n) is 19.7. The van der Waals surface area contributed by atoms with Crippen molar-refractivity contribution in [2.75, 3.05) is 19.8 Å². The van der Waals surface area contributed by atoms with Crippen LogP contribution in [0.5, 0.6) is 0 Å². The van der Waals surface area contributed by atoms with Gasteiger partial charge >= 0.3 is 14.6 Å². The van der Waals surface area contributed by atoms with E-state index in [0.717, 1.165) is 21.4 Å². The Labute approximate surface area is 378 Å². The van der Waals surface area contributed by atoms with Gasteiger partial charge in [-0.3, -0.25) is 23.7 Å². The molecule has 0 radical (unpaired) electrons. The zero-order valence-electron chi connectivity index (χ0n) is 35.8. The van der Waals surface area contributed by atoms with Crippen LogP contribution in [0.25, 0.3) is 10.1 Å². The summed E-state index contributed by atoms with van der Waals surface area (Å²) in [6.07, 6.45) is 0. The van der Waals surface area contributed by atoms with E-state index in [0.29, 0.717) is 49.4 Å². The van der Waals surface area contributed by atoms with Crippen molar-refractivity contribution in [2.45, 2.75) is 82.5 Å². The Kier molecular flexibility index (Phi) is 29.3. The number of nitrogens with one attached hydrogen (secondary N) is 1. The van der Waals surface area contributed by atoms with Crippen LogP contribution in [0.1, 0.15) is 98.5 Å². The molecule has 15 heteroatoms. The molecule has 13 nitrogen and oxygen atoms in total. The van der Waals surface area contributed by atoms with Crippen LogP contribution in [-0.2, 0) is 26.7 Å². The number of nitro groups is 1. The predicted octanol–water partition coefficient (Wildman–Crippen LogP) is 11.9. The molecule has 6 aromatic rings. The molecule has 1 heterocycles. The second-order valence-corrected chi connectivity index (χ2v) is 15.4. The van der Waals surface area contributed by atoms with Gasteiger partial charge in [-0.15, -0.1) is 0 Å². The number of hydrogen-bond donors (Lipinski definition) is 3. The van der Waals surface area contributed by atoms with Gasteiger partial charge in [-0.1, -0.05) is 122 Å². The van der Waals surface area contributed by atoms with Crippen LogP contribution in [0, 0.1) is 24.0 Å². The monoisotopic (exact) mass is 904 g/mol. The summed E-state index contributed by atoms with van der Waals surface area (Å²) in [5.41, 5.74) is 10.7. The first-order valence-corrected chi connectivity index (χ1v) is 21.5. The number of non-ortho nitro benzene ring substituents is 1. The number of hydrogen-bond acceptors (Lipinski definition) is 10. The fourth-order valence-electron chi connectivity index (χ4n) is 4.81. The molecule has 0 aliphatic heterocycles. The van der Waals surface area contributed by atoms with E-state index in [4.69, 9.17) is 24.4 Å². The van der Waals surface area contributed by atoms with Crippen molar-refractivity contribution in [2.24, 2.45) is 5.73 Å². The van der Waals surface area contributed by atoms with Crippen molar-refractivity contribution in [1.29, 1.82) is 0 Å². The van der Waals surface area contributed by atoms with E-state index >= 15 is 0 Å². The van der Waals surface area contributed by atoms with Crippen molar-refractivity contribution in [3.8, 4) is 0 Å². The third kappa shape index (κ3) is 21.9. The minimum Gasteiger partial charge on any atom is -0.478 e. The van der Waals surface area contributed by atoms with Gasteiger partial charge in [-0.05, 0) is 89.9 Å². The van der Waals surface area contributed by atoms with Gasteiger partial charge in [0.2, 0.25) is 0 Å². The van der Waals surface area contributed by atoms with Crippen molar-refractivity contribution in [3.63, 3.8) is 0 Å². The number of aryl methyl sites for hydroxylation is 2. The van der Waals surface area contributed by atoms with Crippen LogP contribution >= 0.6 is 20.1 Å².